The molecule has 44 heavy (non-hydrogen) atoms. The predicted octanol–water partition coefficient (Wildman–Crippen LogP) is 12.1. The summed E-state index contributed by atoms with van der Waals surface area (Å²) in [7, 11) is 0. The van der Waals surface area contributed by atoms with Crippen LogP contribution in [-0.2, 0) is 0 Å². The molecule has 0 N–H and O–H groups in total. The maximum Gasteiger partial charge on any atom is 0.0464 e. The van der Waals surface area contributed by atoms with Gasteiger partial charge in [0, 0.05) is 34.1 Å². The molecule has 0 saturated carbocycles. The molecule has 2 nitrogen and oxygen atoms in total. The van der Waals surface area contributed by atoms with E-state index in [1.54, 1.807) is 0 Å². The van der Waals surface area contributed by atoms with E-state index in [0.29, 0.717) is 0 Å². The third-order valence-electron chi connectivity index (χ3n) is 8.33. The van der Waals surface area contributed by atoms with Crippen LogP contribution < -0.4 is 9.80 Å². The van der Waals surface area contributed by atoms with Crippen molar-refractivity contribution in [2.24, 2.45) is 0 Å². The Balaban J connectivity index is 1.39. The van der Waals surface area contributed by atoms with Gasteiger partial charge in [-0.25, -0.2) is 0 Å². The summed E-state index contributed by atoms with van der Waals surface area (Å²) < 4.78 is 0. The van der Waals surface area contributed by atoms with Gasteiger partial charge in [0.2, 0.25) is 0 Å². The molecule has 0 fully saturated rings. The van der Waals surface area contributed by atoms with Gasteiger partial charge in [-0.3, -0.25) is 0 Å². The zero-order valence-corrected chi connectivity index (χ0v) is 26.6. The molecule has 0 bridgehead atoms. The molecule has 0 unspecified atom stereocenters. The van der Waals surface area contributed by atoms with Gasteiger partial charge in [0.05, 0.1) is 0 Å². The minimum atomic E-state index is 1.15. The molecule has 0 aliphatic carbocycles. The van der Waals surface area contributed by atoms with E-state index in [2.05, 4.69) is 185 Å². The van der Waals surface area contributed by atoms with Crippen molar-refractivity contribution >= 4 is 34.1 Å². The van der Waals surface area contributed by atoms with Crippen molar-refractivity contribution in [2.45, 2.75) is 41.5 Å². The molecule has 6 rings (SSSR count). The monoisotopic (exact) mass is 572 g/mol. The summed E-state index contributed by atoms with van der Waals surface area (Å²) in [6.45, 7) is 13.0. The first-order valence-corrected chi connectivity index (χ1v) is 15.4. The van der Waals surface area contributed by atoms with E-state index in [4.69, 9.17) is 0 Å². The van der Waals surface area contributed by atoms with Crippen molar-refractivity contribution in [2.75, 3.05) is 9.80 Å². The van der Waals surface area contributed by atoms with Gasteiger partial charge in [0.25, 0.3) is 0 Å². The number of aryl methyl sites for hydroxylation is 6. The lowest BCUT2D eigenvalue weighted by Crippen LogP contribution is -2.11. The summed E-state index contributed by atoms with van der Waals surface area (Å²) in [6.07, 6.45) is 0. The van der Waals surface area contributed by atoms with Crippen LogP contribution in [-0.4, -0.2) is 0 Å². The molecule has 0 radical (unpaired) electrons. The fourth-order valence-corrected chi connectivity index (χ4v) is 5.99. The zero-order valence-electron chi connectivity index (χ0n) is 26.6. The lowest BCUT2D eigenvalue weighted by molar-refractivity contribution is 1.25. The highest BCUT2D eigenvalue weighted by Gasteiger charge is 2.17. The van der Waals surface area contributed by atoms with Gasteiger partial charge in [-0.05, 0) is 148 Å². The Morgan fingerprint density at radius 3 is 0.977 bits per heavy atom. The normalized spacial score (nSPS) is 11.0. The second-order valence-electron chi connectivity index (χ2n) is 12.0. The highest BCUT2D eigenvalue weighted by atomic mass is 15.1. The summed E-state index contributed by atoms with van der Waals surface area (Å²) in [5.74, 6) is 0. The molecular weight excluding hydrogens is 532 g/mol. The summed E-state index contributed by atoms with van der Waals surface area (Å²) in [5, 5.41) is 0. The van der Waals surface area contributed by atoms with Gasteiger partial charge in [-0.2, -0.15) is 0 Å². The fraction of sp³-hybridized carbons (Fsp3) is 0.143. The van der Waals surface area contributed by atoms with Gasteiger partial charge < -0.3 is 9.80 Å². The Morgan fingerprint density at radius 2 is 0.636 bits per heavy atom. The molecule has 0 aliphatic heterocycles. The second-order valence-corrected chi connectivity index (χ2v) is 12.0. The van der Waals surface area contributed by atoms with Gasteiger partial charge in [-0.1, -0.05) is 71.8 Å². The third kappa shape index (κ3) is 6.02. The van der Waals surface area contributed by atoms with E-state index in [0.717, 1.165) is 34.1 Å². The van der Waals surface area contributed by atoms with Crippen LogP contribution in [0, 0.1) is 41.5 Å². The third-order valence-corrected chi connectivity index (χ3v) is 8.33. The van der Waals surface area contributed by atoms with E-state index in [1.807, 2.05) is 0 Å². The molecule has 0 spiro atoms. The summed E-state index contributed by atoms with van der Waals surface area (Å²) in [4.78, 5) is 4.70. The van der Waals surface area contributed by atoms with E-state index in [-0.39, 0.29) is 0 Å². The van der Waals surface area contributed by atoms with E-state index < -0.39 is 0 Å². The molecule has 0 saturated heterocycles. The molecule has 218 valence electrons. The maximum atomic E-state index is 2.35. The highest BCUT2D eigenvalue weighted by molar-refractivity contribution is 5.83. The average Bonchev–Trinajstić information content (AvgIpc) is 3.00. The second kappa shape index (κ2) is 12.3. The van der Waals surface area contributed by atoms with Crippen LogP contribution in [0.4, 0.5) is 34.1 Å². The smallest absolute Gasteiger partial charge is 0.0464 e. The van der Waals surface area contributed by atoms with Crippen LogP contribution in [0.25, 0.3) is 11.1 Å². The Morgan fingerprint density at radius 1 is 0.295 bits per heavy atom. The van der Waals surface area contributed by atoms with Crippen LogP contribution in [0.5, 0.6) is 0 Å². The van der Waals surface area contributed by atoms with Crippen LogP contribution in [0.1, 0.15) is 33.4 Å². The molecule has 0 aliphatic rings. The number of rotatable bonds is 7. The molecule has 2 heteroatoms. The lowest BCUT2D eigenvalue weighted by Gasteiger charge is -2.28. The molecule has 6 aromatic carbocycles. The highest BCUT2D eigenvalue weighted by Crippen LogP contribution is 2.40. The lowest BCUT2D eigenvalue weighted by atomic mass is 9.95. The minimum absolute atomic E-state index is 1.15. The first kappa shape index (κ1) is 29.0. The van der Waals surface area contributed by atoms with Crippen molar-refractivity contribution < 1.29 is 0 Å². The first-order chi connectivity index (χ1) is 21.3. The fourth-order valence-electron chi connectivity index (χ4n) is 5.99. The molecule has 0 heterocycles. The number of nitrogens with zero attached hydrogens (tertiary/aromatic N) is 2. The Kier molecular flexibility index (Phi) is 8.09. The molecule has 0 aromatic heterocycles. The zero-order chi connectivity index (χ0) is 30.8. The summed E-state index contributed by atoms with van der Waals surface area (Å²) in [6, 6.07) is 48.7. The van der Waals surface area contributed by atoms with Gasteiger partial charge in [0.15, 0.2) is 0 Å². The minimum Gasteiger partial charge on any atom is -0.310 e. The largest absolute Gasteiger partial charge is 0.310 e. The van der Waals surface area contributed by atoms with E-state index in [1.165, 1.54) is 44.5 Å². The number of hydrogen-bond acceptors (Lipinski definition) is 2. The maximum absolute atomic E-state index is 2.35. The number of anilines is 6. The van der Waals surface area contributed by atoms with E-state index in [9.17, 15) is 0 Å². The molecule has 0 atom stereocenters. The summed E-state index contributed by atoms with van der Waals surface area (Å²) in [5.41, 5.74) is 16.9. The Hall–Kier alpha value is -5.08. The van der Waals surface area contributed by atoms with E-state index >= 15 is 0 Å². The van der Waals surface area contributed by atoms with Crippen molar-refractivity contribution in [1.29, 1.82) is 0 Å². The van der Waals surface area contributed by atoms with Gasteiger partial charge in [0.1, 0.15) is 0 Å². The molecule has 6 aromatic rings. The summed E-state index contributed by atoms with van der Waals surface area (Å²) >= 11 is 0. The van der Waals surface area contributed by atoms with Crippen LogP contribution in [0.3, 0.4) is 0 Å². The van der Waals surface area contributed by atoms with Crippen LogP contribution in [0.2, 0.25) is 0 Å². The van der Waals surface area contributed by atoms with Crippen molar-refractivity contribution in [3.05, 3.63) is 167 Å². The van der Waals surface area contributed by atoms with Gasteiger partial charge >= 0.3 is 0 Å². The average molecular weight is 573 g/mol. The van der Waals surface area contributed by atoms with Crippen molar-refractivity contribution in [3.63, 3.8) is 0 Å². The molecule has 0 amide bonds. The Bertz CT molecular complexity index is 1770. The van der Waals surface area contributed by atoms with Crippen molar-refractivity contribution in [1.82, 2.24) is 0 Å². The topological polar surface area (TPSA) is 6.48 Å². The first-order valence-electron chi connectivity index (χ1n) is 15.4. The predicted molar refractivity (Wildman–Crippen MR) is 190 cm³/mol. The quantitative estimate of drug-likeness (QED) is 0.188. The molecular formula is C42H40N2. The van der Waals surface area contributed by atoms with Crippen LogP contribution in [0.15, 0.2) is 133 Å². The van der Waals surface area contributed by atoms with Crippen LogP contribution >= 0.6 is 0 Å². The standard InChI is InChI=1S/C42H40N2/c1-29-13-17-35(18-14-29)43(37-11-7-9-31(3)25-37)39-21-23-41(33(5)27-39)42-24-22-40(28-34(42)6)44(36-19-15-30(2)16-20-36)38-12-8-10-32(4)26-38/h7-28H,1-6H3. The number of benzene rings is 6. The number of hydrogen-bond donors (Lipinski definition) is 0. The van der Waals surface area contributed by atoms with Crippen molar-refractivity contribution in [3.8, 4) is 11.1 Å². The van der Waals surface area contributed by atoms with Gasteiger partial charge in [-0.15, -0.1) is 0 Å². The Labute approximate surface area is 262 Å². The SMILES string of the molecule is Cc1ccc(N(c2cccc(C)c2)c2ccc(-c3ccc(N(c4ccc(C)cc4)c4cccc(C)c4)cc3C)c(C)c2)cc1.